The van der Waals surface area contributed by atoms with Gasteiger partial charge in [-0.15, -0.1) is 0 Å². The van der Waals surface area contributed by atoms with Crippen LogP contribution in [-0.4, -0.2) is 15.7 Å². The molecule has 164 valence electrons. The van der Waals surface area contributed by atoms with Crippen LogP contribution in [0.1, 0.15) is 33.1 Å². The minimum absolute atomic E-state index is 0.297. The number of allylic oxidation sites excluding steroid dienone is 1. The number of halogens is 2. The molecule has 2 N–H and O–H groups in total. The quantitative estimate of drug-likeness (QED) is 0.377. The average Bonchev–Trinajstić information content (AvgIpc) is 3.25. The van der Waals surface area contributed by atoms with Crippen molar-refractivity contribution in [1.29, 1.82) is 0 Å². The normalized spacial score (nSPS) is 14.8. The third-order valence-electron chi connectivity index (χ3n) is 5.56. The van der Waals surface area contributed by atoms with E-state index in [0.29, 0.717) is 22.1 Å². The fourth-order valence-electron chi connectivity index (χ4n) is 3.79. The van der Waals surface area contributed by atoms with Gasteiger partial charge in [-0.2, -0.15) is 5.10 Å². The number of carbonyl (C=O) groups excluding carboxylic acids is 1. The fourth-order valence-corrected chi connectivity index (χ4v) is 3.92. The number of hydrogen-bond acceptors (Lipinski definition) is 3. The van der Waals surface area contributed by atoms with E-state index in [0.717, 1.165) is 22.4 Å². The molecule has 0 saturated heterocycles. The molecule has 0 aliphatic carbocycles. The summed E-state index contributed by atoms with van der Waals surface area (Å²) in [6, 6.07) is 21.0. The number of rotatable bonds is 4. The number of aromatic nitrogens is 2. The molecule has 0 saturated carbocycles. The predicted molar refractivity (Wildman–Crippen MR) is 129 cm³/mol. The van der Waals surface area contributed by atoms with Gasteiger partial charge in [-0.25, -0.2) is 9.07 Å². The lowest BCUT2D eigenvalue weighted by Crippen LogP contribution is -2.22. The van der Waals surface area contributed by atoms with Crippen LogP contribution in [-0.2, 0) is 0 Å². The maximum absolute atomic E-state index is 13.6. The van der Waals surface area contributed by atoms with Gasteiger partial charge >= 0.3 is 0 Å². The average molecular weight is 459 g/mol. The number of hydrogen-bond donors (Lipinski definition) is 2. The van der Waals surface area contributed by atoms with E-state index in [1.165, 1.54) is 18.3 Å². The second-order valence-corrected chi connectivity index (χ2v) is 8.32. The Morgan fingerprint density at radius 2 is 1.73 bits per heavy atom. The lowest BCUT2D eigenvalue weighted by atomic mass is 10.0. The van der Waals surface area contributed by atoms with E-state index >= 15 is 0 Å². The Morgan fingerprint density at radius 1 is 1.03 bits per heavy atom. The second-order valence-electron chi connectivity index (χ2n) is 7.88. The van der Waals surface area contributed by atoms with Crippen molar-refractivity contribution >= 4 is 34.7 Å². The minimum Gasteiger partial charge on any atom is -0.339 e. The molecule has 5 rings (SSSR count). The lowest BCUT2D eigenvalue weighted by Gasteiger charge is -2.26. The summed E-state index contributed by atoms with van der Waals surface area (Å²) in [5, 5.41) is 11.3. The van der Waals surface area contributed by atoms with Crippen LogP contribution >= 0.6 is 11.6 Å². The molecule has 1 atom stereocenters. The van der Waals surface area contributed by atoms with Crippen molar-refractivity contribution in [3.8, 4) is 0 Å². The summed E-state index contributed by atoms with van der Waals surface area (Å²) in [6.45, 7) is 2.03. The molecule has 2 heterocycles. The van der Waals surface area contributed by atoms with Crippen LogP contribution in [0.5, 0.6) is 0 Å². The monoisotopic (exact) mass is 458 g/mol. The van der Waals surface area contributed by atoms with E-state index < -0.39 is 0 Å². The molecule has 1 aromatic heterocycles. The van der Waals surface area contributed by atoms with Crippen LogP contribution in [0.15, 0.2) is 85.1 Å². The van der Waals surface area contributed by atoms with Crippen LogP contribution in [0, 0.1) is 12.7 Å². The zero-order valence-corrected chi connectivity index (χ0v) is 18.5. The van der Waals surface area contributed by atoms with Gasteiger partial charge in [-0.05, 0) is 60.5 Å². The standard InChI is InChI=1S/C26H20ClFN4O/c1-16-2-4-17(5-3-16)23-14-24(18-6-10-20(28)11-7-18)32-25(31-23)22(15-29-32)26(33)30-21-12-8-19(27)9-13-21/h2-15,24,31H,1H3,(H,30,33). The first kappa shape index (κ1) is 21.0. The first-order chi connectivity index (χ1) is 16.0. The van der Waals surface area contributed by atoms with Crippen molar-refractivity contribution in [2.24, 2.45) is 0 Å². The number of anilines is 2. The van der Waals surface area contributed by atoms with E-state index in [1.807, 2.05) is 37.3 Å². The number of aryl methyl sites for hydroxylation is 1. The van der Waals surface area contributed by atoms with Crippen molar-refractivity contribution in [3.63, 3.8) is 0 Å². The van der Waals surface area contributed by atoms with Crippen molar-refractivity contribution in [2.45, 2.75) is 13.0 Å². The third kappa shape index (κ3) is 4.25. The molecule has 33 heavy (non-hydrogen) atoms. The molecule has 1 aliphatic heterocycles. The molecule has 0 radical (unpaired) electrons. The maximum atomic E-state index is 13.6. The van der Waals surface area contributed by atoms with Crippen LogP contribution in [0.3, 0.4) is 0 Å². The Hall–Kier alpha value is -3.90. The van der Waals surface area contributed by atoms with Gasteiger partial charge in [0.25, 0.3) is 5.91 Å². The summed E-state index contributed by atoms with van der Waals surface area (Å²) < 4.78 is 15.3. The van der Waals surface area contributed by atoms with Gasteiger partial charge in [-0.1, -0.05) is 53.6 Å². The molecule has 4 aromatic rings. The number of amides is 1. The third-order valence-corrected chi connectivity index (χ3v) is 5.81. The van der Waals surface area contributed by atoms with Gasteiger partial charge < -0.3 is 10.6 Å². The Kier molecular flexibility index (Phi) is 5.44. The van der Waals surface area contributed by atoms with E-state index in [4.69, 9.17) is 11.6 Å². The molecule has 3 aromatic carbocycles. The number of nitrogens with one attached hydrogen (secondary N) is 2. The summed E-state index contributed by atoms with van der Waals surface area (Å²) in [5.74, 6) is -0.0397. The van der Waals surface area contributed by atoms with E-state index in [-0.39, 0.29) is 17.8 Å². The highest BCUT2D eigenvalue weighted by molar-refractivity contribution is 6.30. The summed E-state index contributed by atoms with van der Waals surface area (Å²) in [5.41, 5.74) is 4.86. The largest absolute Gasteiger partial charge is 0.339 e. The molecule has 1 unspecified atom stereocenters. The Bertz CT molecular complexity index is 1340. The number of fused-ring (bicyclic) bond motifs is 1. The first-order valence-electron chi connectivity index (χ1n) is 10.4. The van der Waals surface area contributed by atoms with Crippen LogP contribution < -0.4 is 10.6 Å². The van der Waals surface area contributed by atoms with Crippen LogP contribution in [0.4, 0.5) is 15.9 Å². The van der Waals surface area contributed by atoms with E-state index in [9.17, 15) is 9.18 Å². The molecule has 0 spiro atoms. The van der Waals surface area contributed by atoms with Gasteiger partial charge in [0.2, 0.25) is 0 Å². The molecule has 1 amide bonds. The fraction of sp³-hybridized carbons (Fsp3) is 0.0769. The molecular weight excluding hydrogens is 439 g/mol. The highest BCUT2D eigenvalue weighted by atomic mass is 35.5. The van der Waals surface area contributed by atoms with Gasteiger partial charge in [0.15, 0.2) is 0 Å². The highest BCUT2D eigenvalue weighted by Crippen LogP contribution is 2.35. The molecular formula is C26H20ClFN4O. The van der Waals surface area contributed by atoms with Crippen molar-refractivity contribution in [3.05, 3.63) is 118 Å². The summed E-state index contributed by atoms with van der Waals surface area (Å²) in [4.78, 5) is 13.1. The van der Waals surface area contributed by atoms with E-state index in [1.54, 1.807) is 41.1 Å². The Labute approximate surface area is 195 Å². The minimum atomic E-state index is -0.310. The first-order valence-corrected chi connectivity index (χ1v) is 10.8. The predicted octanol–water partition coefficient (Wildman–Crippen LogP) is 6.29. The number of carbonyl (C=O) groups is 1. The molecule has 0 fully saturated rings. The zero-order chi connectivity index (χ0) is 22.9. The summed E-state index contributed by atoms with van der Waals surface area (Å²) in [6.07, 6.45) is 3.56. The number of nitrogens with zero attached hydrogens (tertiary/aromatic N) is 2. The molecule has 1 aliphatic rings. The lowest BCUT2D eigenvalue weighted by molar-refractivity contribution is 0.102. The van der Waals surface area contributed by atoms with E-state index in [2.05, 4.69) is 15.7 Å². The van der Waals surface area contributed by atoms with Gasteiger partial charge in [-0.3, -0.25) is 4.79 Å². The number of benzene rings is 3. The smallest absolute Gasteiger partial charge is 0.261 e. The second kappa shape index (κ2) is 8.56. The van der Waals surface area contributed by atoms with Crippen LogP contribution in [0.25, 0.3) is 5.70 Å². The SMILES string of the molecule is Cc1ccc(C2=CC(c3ccc(F)cc3)n3ncc(C(=O)Nc4ccc(Cl)cc4)c3N2)cc1. The van der Waals surface area contributed by atoms with Gasteiger partial charge in [0, 0.05) is 16.4 Å². The van der Waals surface area contributed by atoms with Crippen LogP contribution in [0.2, 0.25) is 5.02 Å². The molecule has 5 nitrogen and oxygen atoms in total. The highest BCUT2D eigenvalue weighted by Gasteiger charge is 2.28. The Morgan fingerprint density at radius 3 is 2.42 bits per heavy atom. The molecule has 0 bridgehead atoms. The van der Waals surface area contributed by atoms with Crippen molar-refractivity contribution < 1.29 is 9.18 Å². The Balaban J connectivity index is 1.55. The van der Waals surface area contributed by atoms with Crippen molar-refractivity contribution in [2.75, 3.05) is 10.6 Å². The zero-order valence-electron chi connectivity index (χ0n) is 17.7. The summed E-state index contributed by atoms with van der Waals surface area (Å²) >= 11 is 5.94. The molecule has 7 heteroatoms. The summed E-state index contributed by atoms with van der Waals surface area (Å²) in [7, 11) is 0. The topological polar surface area (TPSA) is 59.0 Å². The maximum Gasteiger partial charge on any atom is 0.261 e. The van der Waals surface area contributed by atoms with Crippen molar-refractivity contribution in [1.82, 2.24) is 9.78 Å². The van der Waals surface area contributed by atoms with Gasteiger partial charge in [0.1, 0.15) is 17.2 Å². The van der Waals surface area contributed by atoms with Gasteiger partial charge in [0.05, 0.1) is 12.2 Å².